The fourth-order valence-electron chi connectivity index (χ4n) is 3.36. The lowest BCUT2D eigenvalue weighted by Gasteiger charge is -2.32. The van der Waals surface area contributed by atoms with Gasteiger partial charge in [-0.3, -0.25) is 14.5 Å². The van der Waals surface area contributed by atoms with Crippen LogP contribution in [-0.2, 0) is 7.05 Å². The Bertz CT molecular complexity index is 816. The van der Waals surface area contributed by atoms with Crippen LogP contribution < -0.4 is 0 Å². The zero-order chi connectivity index (χ0) is 15.8. The van der Waals surface area contributed by atoms with Gasteiger partial charge < -0.3 is 9.88 Å². The first kappa shape index (κ1) is 14.0. The van der Waals surface area contributed by atoms with E-state index in [0.29, 0.717) is 11.6 Å². The standard InChI is InChI=1S/C17H19N5O/c1-21-16(6-8-19-21)17(23)22-9-3-4-12(11-22)14-10-15-13(20-14)5-2-7-18-15/h2,5-8,10,12,20H,3-4,9,11H2,1H3. The minimum atomic E-state index is 0.0592. The van der Waals surface area contributed by atoms with E-state index in [0.717, 1.165) is 37.0 Å². The normalized spacial score (nSPS) is 18.5. The summed E-state index contributed by atoms with van der Waals surface area (Å²) >= 11 is 0. The molecular weight excluding hydrogens is 290 g/mol. The Morgan fingerprint density at radius 2 is 2.26 bits per heavy atom. The molecule has 4 rings (SSSR count). The van der Waals surface area contributed by atoms with Crippen LogP contribution in [-0.4, -0.2) is 43.6 Å². The molecule has 3 aromatic rings. The number of hydrogen-bond acceptors (Lipinski definition) is 3. The smallest absolute Gasteiger partial charge is 0.272 e. The summed E-state index contributed by atoms with van der Waals surface area (Å²) in [7, 11) is 1.80. The van der Waals surface area contributed by atoms with Gasteiger partial charge in [-0.05, 0) is 37.1 Å². The number of fused-ring (bicyclic) bond motifs is 1. The van der Waals surface area contributed by atoms with Gasteiger partial charge in [0.1, 0.15) is 5.69 Å². The van der Waals surface area contributed by atoms with E-state index in [1.165, 1.54) is 5.69 Å². The van der Waals surface area contributed by atoms with Crippen LogP contribution in [0.5, 0.6) is 0 Å². The lowest BCUT2D eigenvalue weighted by Crippen LogP contribution is -2.40. The summed E-state index contributed by atoms with van der Waals surface area (Å²) in [6.45, 7) is 1.54. The second-order valence-corrected chi connectivity index (χ2v) is 6.09. The molecule has 1 atom stereocenters. The number of likely N-dealkylation sites (tertiary alicyclic amines) is 1. The average Bonchev–Trinajstić information content (AvgIpc) is 3.20. The number of aromatic amines is 1. The van der Waals surface area contributed by atoms with Crippen LogP contribution in [0, 0.1) is 0 Å². The van der Waals surface area contributed by atoms with E-state index in [9.17, 15) is 4.79 Å². The Kier molecular flexibility index (Phi) is 3.37. The van der Waals surface area contributed by atoms with Crippen molar-refractivity contribution in [3.8, 4) is 0 Å². The number of hydrogen-bond donors (Lipinski definition) is 1. The van der Waals surface area contributed by atoms with Crippen LogP contribution in [0.3, 0.4) is 0 Å². The molecule has 0 bridgehead atoms. The summed E-state index contributed by atoms with van der Waals surface area (Å²) < 4.78 is 1.64. The van der Waals surface area contributed by atoms with Crippen molar-refractivity contribution >= 4 is 16.9 Å². The Hall–Kier alpha value is -2.63. The third-order valence-electron chi connectivity index (χ3n) is 4.60. The van der Waals surface area contributed by atoms with Gasteiger partial charge in [-0.25, -0.2) is 0 Å². The molecule has 118 valence electrons. The molecule has 23 heavy (non-hydrogen) atoms. The van der Waals surface area contributed by atoms with Crippen molar-refractivity contribution in [2.24, 2.45) is 7.05 Å². The SMILES string of the molecule is Cn1nccc1C(=O)N1CCCC(c2cc3ncccc3[nH]2)C1. The summed E-state index contributed by atoms with van der Waals surface area (Å²) in [6.07, 6.45) is 5.57. The average molecular weight is 309 g/mol. The van der Waals surface area contributed by atoms with Crippen LogP contribution in [0.1, 0.15) is 34.9 Å². The highest BCUT2D eigenvalue weighted by Gasteiger charge is 2.27. The molecule has 1 N–H and O–H groups in total. The first-order chi connectivity index (χ1) is 11.2. The molecule has 6 nitrogen and oxygen atoms in total. The van der Waals surface area contributed by atoms with E-state index in [2.05, 4.69) is 21.1 Å². The summed E-state index contributed by atoms with van der Waals surface area (Å²) in [5, 5.41) is 4.09. The van der Waals surface area contributed by atoms with E-state index >= 15 is 0 Å². The quantitative estimate of drug-likeness (QED) is 0.790. The minimum Gasteiger partial charge on any atom is -0.357 e. The van der Waals surface area contributed by atoms with Crippen molar-refractivity contribution in [3.63, 3.8) is 0 Å². The molecule has 1 aliphatic heterocycles. The molecule has 1 aliphatic rings. The molecule has 1 unspecified atom stereocenters. The van der Waals surface area contributed by atoms with Gasteiger partial charge in [0.25, 0.3) is 5.91 Å². The first-order valence-corrected chi connectivity index (χ1v) is 7.93. The number of pyridine rings is 1. The molecular formula is C17H19N5O. The van der Waals surface area contributed by atoms with Gasteiger partial charge in [-0.15, -0.1) is 0 Å². The van der Waals surface area contributed by atoms with E-state index in [4.69, 9.17) is 0 Å². The molecule has 4 heterocycles. The van der Waals surface area contributed by atoms with Crippen LogP contribution in [0.2, 0.25) is 0 Å². The molecule has 0 spiro atoms. The van der Waals surface area contributed by atoms with Gasteiger partial charge in [-0.2, -0.15) is 5.10 Å². The maximum Gasteiger partial charge on any atom is 0.272 e. The van der Waals surface area contributed by atoms with E-state index in [1.54, 1.807) is 30.2 Å². The molecule has 0 saturated carbocycles. The highest BCUT2D eigenvalue weighted by Crippen LogP contribution is 2.29. The van der Waals surface area contributed by atoms with Crippen molar-refractivity contribution in [3.05, 3.63) is 48.0 Å². The third kappa shape index (κ3) is 2.50. The number of piperidine rings is 1. The molecule has 0 aliphatic carbocycles. The van der Waals surface area contributed by atoms with Gasteiger partial charge in [0, 0.05) is 44.1 Å². The first-order valence-electron chi connectivity index (χ1n) is 7.93. The number of aryl methyl sites for hydroxylation is 1. The second kappa shape index (κ2) is 5.53. The second-order valence-electron chi connectivity index (χ2n) is 6.09. The lowest BCUT2D eigenvalue weighted by molar-refractivity contribution is 0.0695. The summed E-state index contributed by atoms with van der Waals surface area (Å²) in [5.41, 5.74) is 3.85. The molecule has 0 radical (unpaired) electrons. The highest BCUT2D eigenvalue weighted by atomic mass is 16.2. The monoisotopic (exact) mass is 309 g/mol. The zero-order valence-electron chi connectivity index (χ0n) is 13.1. The summed E-state index contributed by atoms with van der Waals surface area (Å²) in [5.74, 6) is 0.388. The topological polar surface area (TPSA) is 66.8 Å². The fourth-order valence-corrected chi connectivity index (χ4v) is 3.36. The van der Waals surface area contributed by atoms with Crippen molar-refractivity contribution in [1.29, 1.82) is 0 Å². The number of nitrogens with one attached hydrogen (secondary N) is 1. The number of nitrogens with zero attached hydrogens (tertiary/aromatic N) is 4. The Balaban J connectivity index is 1.57. The van der Waals surface area contributed by atoms with Gasteiger partial charge in [0.05, 0.1) is 11.0 Å². The van der Waals surface area contributed by atoms with Crippen LogP contribution >= 0.6 is 0 Å². The molecule has 3 aromatic heterocycles. The van der Waals surface area contributed by atoms with Crippen molar-refractivity contribution < 1.29 is 4.79 Å². The van der Waals surface area contributed by atoms with Crippen molar-refractivity contribution in [2.75, 3.05) is 13.1 Å². The largest absolute Gasteiger partial charge is 0.357 e. The summed E-state index contributed by atoms with van der Waals surface area (Å²) in [4.78, 5) is 22.4. The van der Waals surface area contributed by atoms with Gasteiger partial charge in [0.2, 0.25) is 0 Å². The number of rotatable bonds is 2. The molecule has 6 heteroatoms. The Labute approximate surface area is 134 Å². The highest BCUT2D eigenvalue weighted by molar-refractivity contribution is 5.92. The third-order valence-corrected chi connectivity index (χ3v) is 4.60. The van der Waals surface area contributed by atoms with Gasteiger partial charge in [0.15, 0.2) is 0 Å². The molecule has 0 aromatic carbocycles. The van der Waals surface area contributed by atoms with Gasteiger partial charge >= 0.3 is 0 Å². The predicted octanol–water partition coefficient (Wildman–Crippen LogP) is 2.32. The Morgan fingerprint density at radius 3 is 3.04 bits per heavy atom. The number of carbonyl (C=O) groups excluding carboxylic acids is 1. The number of H-pyrrole nitrogens is 1. The van der Waals surface area contributed by atoms with Crippen molar-refractivity contribution in [2.45, 2.75) is 18.8 Å². The molecule has 1 saturated heterocycles. The fraction of sp³-hybridized carbons (Fsp3) is 0.353. The molecule has 1 fully saturated rings. The Morgan fingerprint density at radius 1 is 1.35 bits per heavy atom. The summed E-state index contributed by atoms with van der Waals surface area (Å²) in [6, 6.07) is 7.85. The van der Waals surface area contributed by atoms with Crippen LogP contribution in [0.15, 0.2) is 36.7 Å². The predicted molar refractivity (Wildman–Crippen MR) is 87.2 cm³/mol. The lowest BCUT2D eigenvalue weighted by atomic mass is 9.94. The number of carbonyl (C=O) groups is 1. The maximum absolute atomic E-state index is 12.7. The van der Waals surface area contributed by atoms with E-state index in [-0.39, 0.29) is 5.91 Å². The van der Waals surface area contributed by atoms with Crippen LogP contribution in [0.4, 0.5) is 0 Å². The zero-order valence-corrected chi connectivity index (χ0v) is 13.1. The van der Waals surface area contributed by atoms with Gasteiger partial charge in [-0.1, -0.05) is 0 Å². The minimum absolute atomic E-state index is 0.0592. The van der Waals surface area contributed by atoms with E-state index < -0.39 is 0 Å². The van der Waals surface area contributed by atoms with E-state index in [1.807, 2.05) is 17.0 Å². The van der Waals surface area contributed by atoms with Crippen LogP contribution in [0.25, 0.3) is 11.0 Å². The van der Waals surface area contributed by atoms with Crippen molar-refractivity contribution in [1.82, 2.24) is 24.6 Å². The number of amides is 1. The maximum atomic E-state index is 12.7. The molecule has 1 amide bonds. The number of aromatic nitrogens is 4.